The van der Waals surface area contributed by atoms with Gasteiger partial charge < -0.3 is 21.4 Å². The van der Waals surface area contributed by atoms with Crippen LogP contribution in [0.2, 0.25) is 10.0 Å². The van der Waals surface area contributed by atoms with Crippen LogP contribution in [0, 0.1) is 0 Å². The minimum absolute atomic E-state index is 0. The Morgan fingerprint density at radius 1 is 1.11 bits per heavy atom. The number of halogens is 2. The summed E-state index contributed by atoms with van der Waals surface area (Å²) in [5.41, 5.74) is 10.1. The molecule has 0 atom stereocenters. The first-order chi connectivity index (χ1) is 16.3. The van der Waals surface area contributed by atoms with Crippen molar-refractivity contribution in [2.75, 3.05) is 24.6 Å². The zero-order valence-electron chi connectivity index (χ0n) is 18.8. The first kappa shape index (κ1) is 23.5. The molecule has 1 saturated carbocycles. The number of hydrogen-bond donors (Lipinski definition) is 2. The molecule has 1 spiro atoms. The quantitative estimate of drug-likeness (QED) is 0.430. The molecule has 2 aromatic heterocycles. The Morgan fingerprint density at radius 2 is 1.86 bits per heavy atom. The molecule has 0 unspecified atom stereocenters. The normalized spacial score (nSPS) is 16.1. The van der Waals surface area contributed by atoms with E-state index in [4.69, 9.17) is 28.9 Å². The van der Waals surface area contributed by atoms with Crippen molar-refractivity contribution in [1.82, 2.24) is 24.4 Å². The Hall–Kier alpha value is -3.24. The van der Waals surface area contributed by atoms with Gasteiger partial charge in [0, 0.05) is 30.4 Å². The highest BCUT2D eigenvalue weighted by molar-refractivity contribution is 6.37. The second kappa shape index (κ2) is 8.46. The largest absolute Gasteiger partial charge is 0.412 e. The fourth-order valence-electron chi connectivity index (χ4n) is 4.96. The Morgan fingerprint density at radius 3 is 2.57 bits per heavy atom. The van der Waals surface area contributed by atoms with E-state index in [0.29, 0.717) is 16.7 Å². The third-order valence-electron chi connectivity index (χ3n) is 6.64. The van der Waals surface area contributed by atoms with Crippen molar-refractivity contribution < 1.29 is 5.48 Å². The van der Waals surface area contributed by atoms with Crippen LogP contribution in [-0.2, 0) is 12.0 Å². The van der Waals surface area contributed by atoms with Gasteiger partial charge in [0.2, 0.25) is 5.95 Å². The smallest absolute Gasteiger partial charge is 0.355 e. The van der Waals surface area contributed by atoms with E-state index < -0.39 is 5.69 Å². The summed E-state index contributed by atoms with van der Waals surface area (Å²) in [6, 6.07) is 11.4. The third kappa shape index (κ3) is 3.90. The maximum Gasteiger partial charge on any atom is 0.355 e. The lowest BCUT2D eigenvalue weighted by Gasteiger charge is -2.32. The van der Waals surface area contributed by atoms with Gasteiger partial charge in [-0.05, 0) is 55.3 Å². The summed E-state index contributed by atoms with van der Waals surface area (Å²) in [6.45, 7) is 2.03. The van der Waals surface area contributed by atoms with E-state index in [9.17, 15) is 4.79 Å². The molecule has 1 fully saturated rings. The molecular weight excluding hydrogens is 489 g/mol. The second-order valence-corrected chi connectivity index (χ2v) is 9.88. The van der Waals surface area contributed by atoms with Crippen LogP contribution >= 0.6 is 23.2 Å². The molecule has 1 aliphatic carbocycles. The van der Waals surface area contributed by atoms with Crippen LogP contribution in [0.4, 0.5) is 17.5 Å². The van der Waals surface area contributed by atoms with Crippen LogP contribution in [0.1, 0.15) is 24.0 Å². The van der Waals surface area contributed by atoms with Crippen molar-refractivity contribution >= 4 is 51.7 Å². The summed E-state index contributed by atoms with van der Waals surface area (Å²) >= 11 is 12.6. The highest BCUT2D eigenvalue weighted by Crippen LogP contribution is 2.52. The number of benzene rings is 2. The molecule has 35 heavy (non-hydrogen) atoms. The Labute approximate surface area is 210 Å². The molecule has 6 rings (SSSR count). The van der Waals surface area contributed by atoms with E-state index in [0.717, 1.165) is 18.8 Å². The number of nitrogen functional groups attached to an aromatic ring is 1. The molecule has 0 saturated heterocycles. The van der Waals surface area contributed by atoms with E-state index >= 15 is 0 Å². The summed E-state index contributed by atoms with van der Waals surface area (Å²) in [4.78, 5) is 28.2. The molecule has 180 valence electrons. The SMILES string of the molecule is CN1Cc2cc(Nc3ncc4c(N)n(-c5c(Cl)cccc5Cl)c(=O)nc4n3)ccc2C2(CC2)C1.O. The summed E-state index contributed by atoms with van der Waals surface area (Å²) in [7, 11) is 2.16. The maximum absolute atomic E-state index is 12.9. The summed E-state index contributed by atoms with van der Waals surface area (Å²) in [6.07, 6.45) is 4.03. The zero-order chi connectivity index (χ0) is 23.6. The van der Waals surface area contributed by atoms with Gasteiger partial charge >= 0.3 is 5.69 Å². The van der Waals surface area contributed by atoms with Crippen molar-refractivity contribution in [2.45, 2.75) is 24.8 Å². The van der Waals surface area contributed by atoms with Gasteiger partial charge in [0.15, 0.2) is 5.65 Å². The topological polar surface area (TPSA) is 133 Å². The lowest BCUT2D eigenvalue weighted by Crippen LogP contribution is -2.35. The average Bonchev–Trinajstić information content (AvgIpc) is 3.54. The lowest BCUT2D eigenvalue weighted by atomic mass is 9.87. The van der Waals surface area contributed by atoms with Crippen LogP contribution in [0.3, 0.4) is 0 Å². The average molecular weight is 512 g/mol. The molecule has 11 heteroatoms. The van der Waals surface area contributed by atoms with Gasteiger partial charge in [-0.2, -0.15) is 9.97 Å². The fourth-order valence-corrected chi connectivity index (χ4v) is 5.52. The molecule has 4 aromatic rings. The van der Waals surface area contributed by atoms with E-state index in [1.54, 1.807) is 24.4 Å². The van der Waals surface area contributed by atoms with Gasteiger partial charge in [-0.15, -0.1) is 0 Å². The van der Waals surface area contributed by atoms with E-state index in [2.05, 4.69) is 50.4 Å². The molecule has 0 amide bonds. The van der Waals surface area contributed by atoms with Crippen molar-refractivity contribution in [3.63, 3.8) is 0 Å². The highest BCUT2D eigenvalue weighted by Gasteiger charge is 2.48. The highest BCUT2D eigenvalue weighted by atomic mass is 35.5. The molecule has 9 nitrogen and oxygen atoms in total. The van der Waals surface area contributed by atoms with Gasteiger partial charge in [-0.25, -0.2) is 14.3 Å². The van der Waals surface area contributed by atoms with Gasteiger partial charge in [-0.1, -0.05) is 35.3 Å². The first-order valence-electron chi connectivity index (χ1n) is 10.9. The van der Waals surface area contributed by atoms with E-state index in [-0.39, 0.29) is 32.7 Å². The Balaban J connectivity index is 0.00000253. The Kier molecular flexibility index (Phi) is 5.68. The maximum atomic E-state index is 12.9. The summed E-state index contributed by atoms with van der Waals surface area (Å²) < 4.78 is 1.18. The minimum Gasteiger partial charge on any atom is -0.412 e. The number of rotatable bonds is 3. The van der Waals surface area contributed by atoms with E-state index in [1.165, 1.54) is 28.5 Å². The van der Waals surface area contributed by atoms with Gasteiger partial charge in [0.05, 0.1) is 21.1 Å². The van der Waals surface area contributed by atoms with E-state index in [1.807, 2.05) is 0 Å². The number of nitrogens with zero attached hydrogens (tertiary/aromatic N) is 5. The standard InChI is InChI=1S/C24H21Cl2N7O.H2O/c1-32-11-13-9-14(5-6-16(13)24(12-32)7-8-24)29-22-28-10-15-20(27)33(23(34)31-21(15)30-22)19-17(25)3-2-4-18(19)26;/h2-6,9-10H,7-8,11-12,27H2,1H3,(H,29,30,31,34);1H2. The molecule has 0 radical (unpaired) electrons. The van der Waals surface area contributed by atoms with Gasteiger partial charge in [0.1, 0.15) is 5.82 Å². The lowest BCUT2D eigenvalue weighted by molar-refractivity contribution is 0.271. The summed E-state index contributed by atoms with van der Waals surface area (Å²) in [5.74, 6) is 0.445. The van der Waals surface area contributed by atoms with Crippen LogP contribution in [0.5, 0.6) is 0 Å². The molecule has 2 aromatic carbocycles. The molecular formula is C24H23Cl2N7O2. The zero-order valence-corrected chi connectivity index (χ0v) is 20.4. The second-order valence-electron chi connectivity index (χ2n) is 9.07. The number of anilines is 3. The van der Waals surface area contributed by atoms with Gasteiger partial charge in [0.25, 0.3) is 0 Å². The van der Waals surface area contributed by atoms with Crippen LogP contribution in [0.25, 0.3) is 16.7 Å². The van der Waals surface area contributed by atoms with Crippen molar-refractivity contribution in [1.29, 1.82) is 0 Å². The van der Waals surface area contributed by atoms with Crippen LogP contribution in [-0.4, -0.2) is 43.5 Å². The molecule has 1 aliphatic heterocycles. The number of para-hydroxylation sites is 1. The molecule has 3 heterocycles. The third-order valence-corrected chi connectivity index (χ3v) is 7.25. The van der Waals surface area contributed by atoms with Crippen molar-refractivity contribution in [2.24, 2.45) is 0 Å². The predicted molar refractivity (Wildman–Crippen MR) is 138 cm³/mol. The number of likely N-dealkylation sites (N-methyl/N-ethyl adjacent to an activating group) is 1. The number of aromatic nitrogens is 4. The minimum atomic E-state index is -0.629. The Bertz CT molecular complexity index is 1510. The van der Waals surface area contributed by atoms with Crippen molar-refractivity contribution in [3.05, 3.63) is 74.3 Å². The van der Waals surface area contributed by atoms with Gasteiger partial charge in [-0.3, -0.25) is 0 Å². The molecule has 5 N–H and O–H groups in total. The number of fused-ring (bicyclic) bond motifs is 3. The van der Waals surface area contributed by atoms with Crippen LogP contribution in [0.15, 0.2) is 47.4 Å². The molecule has 2 aliphatic rings. The van der Waals surface area contributed by atoms with Crippen LogP contribution < -0.4 is 16.7 Å². The van der Waals surface area contributed by atoms with Crippen molar-refractivity contribution in [3.8, 4) is 5.69 Å². The monoisotopic (exact) mass is 511 g/mol. The fraction of sp³-hybridized carbons (Fsp3) is 0.250. The first-order valence-corrected chi connectivity index (χ1v) is 11.7. The molecule has 0 bridgehead atoms. The number of nitrogens with one attached hydrogen (secondary N) is 1. The number of hydrogen-bond acceptors (Lipinski definition) is 7. The summed E-state index contributed by atoms with van der Waals surface area (Å²) in [5, 5.41) is 4.23. The predicted octanol–water partition coefficient (Wildman–Crippen LogP) is 3.46. The number of nitrogens with two attached hydrogens (primary N) is 1.